The van der Waals surface area contributed by atoms with Crippen molar-refractivity contribution in [3.05, 3.63) is 17.7 Å². The van der Waals surface area contributed by atoms with Gasteiger partial charge in [0, 0.05) is 6.61 Å². The normalized spacial score (nSPS) is 10.3. The number of ether oxygens (including phenoxy) is 3. The van der Waals surface area contributed by atoms with Crippen LogP contribution in [0.4, 0.5) is 0 Å². The maximum Gasteiger partial charge on any atom is 0.335 e. The van der Waals surface area contributed by atoms with Gasteiger partial charge in [-0.05, 0) is 25.0 Å². The molecule has 0 saturated heterocycles. The minimum absolute atomic E-state index is 0.0880. The van der Waals surface area contributed by atoms with Crippen molar-refractivity contribution < 1.29 is 29.2 Å². The molecule has 0 bridgehead atoms. The van der Waals surface area contributed by atoms with Crippen molar-refractivity contribution in [2.24, 2.45) is 0 Å². The molecule has 0 spiro atoms. The van der Waals surface area contributed by atoms with Crippen LogP contribution in [0.1, 0.15) is 42.5 Å². The van der Waals surface area contributed by atoms with Gasteiger partial charge in [0.05, 0.1) is 26.4 Å². The van der Waals surface area contributed by atoms with Crippen molar-refractivity contribution in [3.8, 4) is 17.2 Å². The van der Waals surface area contributed by atoms with Crippen molar-refractivity contribution in [2.75, 3.05) is 27.4 Å². The molecule has 0 saturated carbocycles. The number of aliphatic hydroxyl groups excluding tert-OH is 1. The number of benzene rings is 1. The molecule has 0 radical (unpaired) electrons. The Labute approximate surface area is 130 Å². The quantitative estimate of drug-likeness (QED) is 0.611. The number of unbranched alkanes of at least 4 members (excludes halogenated alkanes) is 4. The molecule has 0 atom stereocenters. The first-order valence-electron chi connectivity index (χ1n) is 7.37. The van der Waals surface area contributed by atoms with E-state index in [-0.39, 0.29) is 12.2 Å². The molecule has 0 fully saturated rings. The van der Waals surface area contributed by atoms with Gasteiger partial charge in [0.2, 0.25) is 5.75 Å². The van der Waals surface area contributed by atoms with Crippen LogP contribution in [0.15, 0.2) is 12.1 Å². The number of hydrogen-bond donors (Lipinski definition) is 2. The molecule has 0 unspecified atom stereocenters. The fourth-order valence-corrected chi connectivity index (χ4v) is 2.06. The molecule has 1 rings (SSSR count). The lowest BCUT2D eigenvalue weighted by Crippen LogP contribution is -2.04. The Kier molecular flexibility index (Phi) is 8.14. The van der Waals surface area contributed by atoms with E-state index in [2.05, 4.69) is 0 Å². The van der Waals surface area contributed by atoms with E-state index in [4.69, 9.17) is 24.4 Å². The summed E-state index contributed by atoms with van der Waals surface area (Å²) in [5.41, 5.74) is 0.0880. The Hall–Kier alpha value is -1.95. The fourth-order valence-electron chi connectivity index (χ4n) is 2.06. The minimum Gasteiger partial charge on any atom is -0.493 e. The lowest BCUT2D eigenvalue weighted by molar-refractivity contribution is 0.0696. The average molecular weight is 312 g/mol. The van der Waals surface area contributed by atoms with Gasteiger partial charge in [-0.1, -0.05) is 19.3 Å². The SMILES string of the molecule is COc1cc(C(=O)O)cc(OC)c1OCCCCCCCO. The summed E-state index contributed by atoms with van der Waals surface area (Å²) in [6, 6.07) is 2.84. The van der Waals surface area contributed by atoms with Crippen LogP contribution in [0.2, 0.25) is 0 Å². The molecule has 22 heavy (non-hydrogen) atoms. The molecule has 0 heterocycles. The second kappa shape index (κ2) is 9.89. The van der Waals surface area contributed by atoms with Gasteiger partial charge in [-0.25, -0.2) is 4.79 Å². The van der Waals surface area contributed by atoms with Crippen molar-refractivity contribution in [3.63, 3.8) is 0 Å². The molecule has 6 heteroatoms. The Morgan fingerprint density at radius 2 is 1.55 bits per heavy atom. The number of methoxy groups -OCH3 is 2. The topological polar surface area (TPSA) is 85.2 Å². The first-order chi connectivity index (χ1) is 10.6. The van der Waals surface area contributed by atoms with E-state index in [0.29, 0.717) is 23.9 Å². The summed E-state index contributed by atoms with van der Waals surface area (Å²) in [7, 11) is 2.92. The molecule has 1 aromatic rings. The zero-order chi connectivity index (χ0) is 16.4. The third kappa shape index (κ3) is 5.44. The molecule has 124 valence electrons. The van der Waals surface area contributed by atoms with Gasteiger partial charge >= 0.3 is 5.97 Å². The van der Waals surface area contributed by atoms with Gasteiger partial charge in [-0.3, -0.25) is 0 Å². The van der Waals surface area contributed by atoms with Crippen LogP contribution in [0.5, 0.6) is 17.2 Å². The monoisotopic (exact) mass is 312 g/mol. The highest BCUT2D eigenvalue weighted by Crippen LogP contribution is 2.38. The van der Waals surface area contributed by atoms with Gasteiger partial charge in [-0.2, -0.15) is 0 Å². The summed E-state index contributed by atoms with van der Waals surface area (Å²) in [6.07, 6.45) is 4.78. The van der Waals surface area contributed by atoms with Gasteiger partial charge in [-0.15, -0.1) is 0 Å². The highest BCUT2D eigenvalue weighted by molar-refractivity contribution is 5.89. The number of carbonyl (C=O) groups is 1. The number of rotatable bonds is 11. The molecular formula is C16H24O6. The molecule has 0 amide bonds. The van der Waals surface area contributed by atoms with E-state index in [9.17, 15) is 4.79 Å². The number of hydrogen-bond acceptors (Lipinski definition) is 5. The number of aromatic carboxylic acids is 1. The fraction of sp³-hybridized carbons (Fsp3) is 0.562. The minimum atomic E-state index is -1.05. The number of carboxylic acids is 1. The average Bonchev–Trinajstić information content (AvgIpc) is 2.53. The molecule has 0 aromatic heterocycles. The van der Waals surface area contributed by atoms with Crippen LogP contribution in [0.3, 0.4) is 0 Å². The molecule has 0 aliphatic heterocycles. The summed E-state index contributed by atoms with van der Waals surface area (Å²) in [4.78, 5) is 11.1. The van der Waals surface area contributed by atoms with E-state index in [1.807, 2.05) is 0 Å². The van der Waals surface area contributed by atoms with Crippen LogP contribution in [0.25, 0.3) is 0 Å². The van der Waals surface area contributed by atoms with Crippen LogP contribution in [-0.2, 0) is 0 Å². The van der Waals surface area contributed by atoms with E-state index < -0.39 is 5.97 Å². The third-order valence-electron chi connectivity index (χ3n) is 3.26. The molecule has 1 aromatic carbocycles. The lowest BCUT2D eigenvalue weighted by atomic mass is 10.1. The summed E-state index contributed by atoms with van der Waals surface area (Å²) >= 11 is 0. The smallest absolute Gasteiger partial charge is 0.335 e. The summed E-state index contributed by atoms with van der Waals surface area (Å²) < 4.78 is 16.1. The van der Waals surface area contributed by atoms with Gasteiger partial charge in [0.15, 0.2) is 11.5 Å². The molecule has 0 aliphatic rings. The van der Waals surface area contributed by atoms with Gasteiger partial charge < -0.3 is 24.4 Å². The van der Waals surface area contributed by atoms with Crippen LogP contribution >= 0.6 is 0 Å². The Balaban J connectivity index is 2.63. The zero-order valence-corrected chi connectivity index (χ0v) is 13.1. The van der Waals surface area contributed by atoms with Crippen LogP contribution < -0.4 is 14.2 Å². The highest BCUT2D eigenvalue weighted by Gasteiger charge is 2.17. The maximum absolute atomic E-state index is 11.1. The van der Waals surface area contributed by atoms with E-state index in [1.165, 1.54) is 26.4 Å². The van der Waals surface area contributed by atoms with Crippen LogP contribution in [0, 0.1) is 0 Å². The molecular weight excluding hydrogens is 288 g/mol. The number of carboxylic acid groups (broad SMARTS) is 1. The summed E-state index contributed by atoms with van der Waals surface area (Å²) in [5, 5.41) is 17.8. The summed E-state index contributed by atoms with van der Waals surface area (Å²) in [6.45, 7) is 0.735. The first-order valence-corrected chi connectivity index (χ1v) is 7.37. The maximum atomic E-state index is 11.1. The molecule has 2 N–H and O–H groups in total. The van der Waals surface area contributed by atoms with Crippen LogP contribution in [-0.4, -0.2) is 43.6 Å². The van der Waals surface area contributed by atoms with Crippen molar-refractivity contribution in [2.45, 2.75) is 32.1 Å². The van der Waals surface area contributed by atoms with E-state index in [0.717, 1.165) is 32.1 Å². The van der Waals surface area contributed by atoms with Gasteiger partial charge in [0.1, 0.15) is 0 Å². The van der Waals surface area contributed by atoms with E-state index in [1.54, 1.807) is 0 Å². The summed E-state index contributed by atoms with van der Waals surface area (Å²) in [5.74, 6) is 0.0615. The number of aliphatic hydroxyl groups is 1. The zero-order valence-electron chi connectivity index (χ0n) is 13.1. The first kappa shape index (κ1) is 18.1. The Morgan fingerprint density at radius 3 is 2.05 bits per heavy atom. The Morgan fingerprint density at radius 1 is 1.00 bits per heavy atom. The second-order valence-electron chi connectivity index (χ2n) is 4.85. The van der Waals surface area contributed by atoms with Crippen molar-refractivity contribution in [1.29, 1.82) is 0 Å². The van der Waals surface area contributed by atoms with Crippen molar-refractivity contribution in [1.82, 2.24) is 0 Å². The predicted molar refractivity (Wildman–Crippen MR) is 82.2 cm³/mol. The largest absolute Gasteiger partial charge is 0.493 e. The molecule has 0 aliphatic carbocycles. The third-order valence-corrected chi connectivity index (χ3v) is 3.26. The van der Waals surface area contributed by atoms with Gasteiger partial charge in [0.25, 0.3) is 0 Å². The highest BCUT2D eigenvalue weighted by atomic mass is 16.5. The van der Waals surface area contributed by atoms with E-state index >= 15 is 0 Å². The second-order valence-corrected chi connectivity index (χ2v) is 4.85. The van der Waals surface area contributed by atoms with Crippen molar-refractivity contribution >= 4 is 5.97 Å². The Bertz CT molecular complexity index is 447. The standard InChI is InChI=1S/C16H24O6/c1-20-13-10-12(16(18)19)11-14(21-2)15(13)22-9-7-5-3-4-6-8-17/h10-11,17H,3-9H2,1-2H3,(H,18,19). The predicted octanol–water partition coefficient (Wildman–Crippen LogP) is 2.72. The lowest BCUT2D eigenvalue weighted by Gasteiger charge is -2.15. The molecule has 6 nitrogen and oxygen atoms in total.